The van der Waals surface area contributed by atoms with Gasteiger partial charge in [0.15, 0.2) is 0 Å². The van der Waals surface area contributed by atoms with E-state index in [0.29, 0.717) is 0 Å². The Morgan fingerprint density at radius 2 is 1.94 bits per heavy atom. The average Bonchev–Trinajstić information content (AvgIpc) is 2.58. The average molecular weight is 344 g/mol. The van der Waals surface area contributed by atoms with Gasteiger partial charge in [-0.15, -0.1) is 11.3 Å². The molecule has 2 aromatic rings. The quantitative estimate of drug-likeness (QED) is 0.815. The number of hydrogen-bond acceptors (Lipinski definition) is 2. The van der Waals surface area contributed by atoms with Crippen molar-refractivity contribution in [1.29, 1.82) is 0 Å². The first kappa shape index (κ1) is 12.1. The fourth-order valence-corrected chi connectivity index (χ4v) is 3.49. The molecule has 1 unspecified atom stereocenters. The van der Waals surface area contributed by atoms with Crippen LogP contribution < -0.4 is 0 Å². The van der Waals surface area contributed by atoms with Crippen molar-refractivity contribution in [3.8, 4) is 0 Å². The van der Waals surface area contributed by atoms with Gasteiger partial charge in [-0.3, -0.25) is 0 Å². The lowest BCUT2D eigenvalue weighted by molar-refractivity contribution is 0.222. The molecule has 0 fully saturated rings. The summed E-state index contributed by atoms with van der Waals surface area (Å²) < 4.78 is 1.11. The molecule has 16 heavy (non-hydrogen) atoms. The Morgan fingerprint density at radius 3 is 2.50 bits per heavy atom. The molecule has 1 heterocycles. The number of hydrogen-bond donors (Lipinski definition) is 1. The molecule has 0 aliphatic carbocycles. The minimum absolute atomic E-state index is 0.494. The van der Waals surface area contributed by atoms with Gasteiger partial charge in [0, 0.05) is 13.3 Å². The molecule has 1 nitrogen and oxygen atoms in total. The Labute approximate surface area is 113 Å². The van der Waals surface area contributed by atoms with Gasteiger partial charge in [-0.1, -0.05) is 18.2 Å². The Balaban J connectivity index is 2.43. The van der Waals surface area contributed by atoms with Crippen molar-refractivity contribution in [1.82, 2.24) is 0 Å². The maximum absolute atomic E-state index is 10.4. The second-order valence-corrected chi connectivity index (χ2v) is 6.28. The third-order valence-electron chi connectivity index (χ3n) is 2.53. The standard InChI is InChI=1S/C13H13IOS/c1-8-7-9(2)16-13(8)12(15)10-5-3-4-6-11(10)14/h3-7,12,15H,1-2H3. The van der Waals surface area contributed by atoms with Crippen LogP contribution in [0.2, 0.25) is 0 Å². The molecule has 3 heteroatoms. The van der Waals surface area contributed by atoms with Gasteiger partial charge in [-0.25, -0.2) is 0 Å². The van der Waals surface area contributed by atoms with Crippen LogP contribution in [0, 0.1) is 17.4 Å². The van der Waals surface area contributed by atoms with Crippen molar-refractivity contribution in [3.63, 3.8) is 0 Å². The highest BCUT2D eigenvalue weighted by Crippen LogP contribution is 2.33. The molecule has 1 atom stereocenters. The van der Waals surface area contributed by atoms with Crippen molar-refractivity contribution in [3.05, 3.63) is 54.8 Å². The maximum atomic E-state index is 10.4. The summed E-state index contributed by atoms with van der Waals surface area (Å²) >= 11 is 3.94. The first-order valence-corrected chi connectivity index (χ1v) is 6.98. The summed E-state index contributed by atoms with van der Waals surface area (Å²) in [6, 6.07) is 10.1. The zero-order valence-corrected chi connectivity index (χ0v) is 12.2. The van der Waals surface area contributed by atoms with Crippen molar-refractivity contribution in [2.24, 2.45) is 0 Å². The van der Waals surface area contributed by atoms with Crippen LogP contribution in [0.3, 0.4) is 0 Å². The van der Waals surface area contributed by atoms with Gasteiger partial charge in [-0.2, -0.15) is 0 Å². The van der Waals surface area contributed by atoms with Crippen LogP contribution in [0.15, 0.2) is 30.3 Å². The molecule has 1 N–H and O–H groups in total. The third kappa shape index (κ3) is 2.31. The van der Waals surface area contributed by atoms with Crippen LogP contribution in [0.1, 0.15) is 27.0 Å². The summed E-state index contributed by atoms with van der Waals surface area (Å²) in [7, 11) is 0. The summed E-state index contributed by atoms with van der Waals surface area (Å²) in [5, 5.41) is 10.4. The van der Waals surface area contributed by atoms with Crippen molar-refractivity contribution in [2.45, 2.75) is 20.0 Å². The molecule has 0 saturated carbocycles. The van der Waals surface area contributed by atoms with Crippen LogP contribution in [-0.2, 0) is 0 Å². The van der Waals surface area contributed by atoms with E-state index in [4.69, 9.17) is 0 Å². The molecule has 1 aromatic carbocycles. The number of halogens is 1. The van der Waals surface area contributed by atoms with E-state index in [1.807, 2.05) is 24.3 Å². The van der Waals surface area contributed by atoms with Gasteiger partial charge < -0.3 is 5.11 Å². The minimum atomic E-state index is -0.494. The molecule has 0 spiro atoms. The summed E-state index contributed by atoms with van der Waals surface area (Å²) in [5.41, 5.74) is 2.17. The first-order chi connectivity index (χ1) is 7.59. The first-order valence-electron chi connectivity index (χ1n) is 5.09. The summed E-state index contributed by atoms with van der Waals surface area (Å²) in [6.45, 7) is 4.13. The second kappa shape index (κ2) is 4.85. The molecule has 2 rings (SSSR count). The second-order valence-electron chi connectivity index (χ2n) is 3.83. The van der Waals surface area contributed by atoms with E-state index in [1.54, 1.807) is 11.3 Å². The van der Waals surface area contributed by atoms with Crippen molar-refractivity contribution in [2.75, 3.05) is 0 Å². The number of rotatable bonds is 2. The van der Waals surface area contributed by atoms with E-state index in [2.05, 4.69) is 42.5 Å². The highest BCUT2D eigenvalue weighted by molar-refractivity contribution is 14.1. The summed E-state index contributed by atoms with van der Waals surface area (Å²) in [6.07, 6.45) is -0.494. The Kier molecular flexibility index (Phi) is 3.66. The predicted molar refractivity (Wildman–Crippen MR) is 77.0 cm³/mol. The molecule has 0 bridgehead atoms. The highest BCUT2D eigenvalue weighted by Gasteiger charge is 2.17. The lowest BCUT2D eigenvalue weighted by atomic mass is 10.1. The predicted octanol–water partition coefficient (Wildman–Crippen LogP) is 4.05. The van der Waals surface area contributed by atoms with Gasteiger partial charge in [0.1, 0.15) is 6.10 Å². The highest BCUT2D eigenvalue weighted by atomic mass is 127. The Morgan fingerprint density at radius 1 is 1.25 bits per heavy atom. The Hall–Kier alpha value is -0.390. The number of thiophene rings is 1. The Bertz CT molecular complexity index is 504. The minimum Gasteiger partial charge on any atom is -0.383 e. The number of aliphatic hydroxyl groups is 1. The third-order valence-corrected chi connectivity index (χ3v) is 4.71. The molecule has 0 saturated heterocycles. The zero-order chi connectivity index (χ0) is 11.7. The van der Waals surface area contributed by atoms with Gasteiger partial charge in [0.05, 0.1) is 0 Å². The molecule has 0 radical (unpaired) electrons. The van der Waals surface area contributed by atoms with Crippen molar-refractivity contribution >= 4 is 33.9 Å². The molecule has 1 aromatic heterocycles. The van der Waals surface area contributed by atoms with Gasteiger partial charge >= 0.3 is 0 Å². The molecule has 0 aliphatic heterocycles. The number of benzene rings is 1. The fourth-order valence-electron chi connectivity index (χ4n) is 1.77. The van der Waals surface area contributed by atoms with E-state index in [9.17, 15) is 5.11 Å². The van der Waals surface area contributed by atoms with E-state index >= 15 is 0 Å². The number of aryl methyl sites for hydroxylation is 2. The van der Waals surface area contributed by atoms with E-state index in [0.717, 1.165) is 14.0 Å². The summed E-state index contributed by atoms with van der Waals surface area (Å²) in [5.74, 6) is 0. The van der Waals surface area contributed by atoms with Gasteiger partial charge in [0.25, 0.3) is 0 Å². The molecule has 0 aliphatic rings. The van der Waals surface area contributed by atoms with Crippen LogP contribution in [0.25, 0.3) is 0 Å². The van der Waals surface area contributed by atoms with E-state index in [-0.39, 0.29) is 0 Å². The van der Waals surface area contributed by atoms with Crippen molar-refractivity contribution < 1.29 is 5.11 Å². The van der Waals surface area contributed by atoms with E-state index in [1.165, 1.54) is 10.4 Å². The SMILES string of the molecule is Cc1cc(C)c(C(O)c2ccccc2I)s1. The largest absolute Gasteiger partial charge is 0.383 e. The van der Waals surface area contributed by atoms with Gasteiger partial charge in [-0.05, 0) is 59.7 Å². The number of aliphatic hydroxyl groups excluding tert-OH is 1. The lowest BCUT2D eigenvalue weighted by Crippen LogP contribution is -2.00. The molecule has 0 amide bonds. The normalized spacial score (nSPS) is 12.8. The smallest absolute Gasteiger partial charge is 0.114 e. The monoisotopic (exact) mass is 344 g/mol. The maximum Gasteiger partial charge on any atom is 0.114 e. The van der Waals surface area contributed by atoms with Crippen LogP contribution in [-0.4, -0.2) is 5.11 Å². The molecule has 84 valence electrons. The topological polar surface area (TPSA) is 20.2 Å². The van der Waals surface area contributed by atoms with Crippen LogP contribution in [0.4, 0.5) is 0 Å². The van der Waals surface area contributed by atoms with E-state index < -0.39 is 6.10 Å². The van der Waals surface area contributed by atoms with Crippen LogP contribution >= 0.6 is 33.9 Å². The lowest BCUT2D eigenvalue weighted by Gasteiger charge is -2.12. The van der Waals surface area contributed by atoms with Gasteiger partial charge in [0.2, 0.25) is 0 Å². The summed E-state index contributed by atoms with van der Waals surface area (Å²) in [4.78, 5) is 2.30. The molecular weight excluding hydrogens is 331 g/mol. The fraction of sp³-hybridized carbons (Fsp3) is 0.231. The zero-order valence-electron chi connectivity index (χ0n) is 9.20. The van der Waals surface area contributed by atoms with Crippen LogP contribution in [0.5, 0.6) is 0 Å². The molecular formula is C13H13IOS.